The lowest BCUT2D eigenvalue weighted by Crippen LogP contribution is -2.39. The van der Waals surface area contributed by atoms with E-state index < -0.39 is 0 Å². The number of thiophene rings is 1. The molecule has 0 bridgehead atoms. The second kappa shape index (κ2) is 5.66. The van der Waals surface area contributed by atoms with Crippen LogP contribution in [0.15, 0.2) is 10.8 Å². The highest BCUT2D eigenvalue weighted by Gasteiger charge is 2.29. The van der Waals surface area contributed by atoms with Crippen molar-refractivity contribution in [3.63, 3.8) is 0 Å². The van der Waals surface area contributed by atoms with Crippen LogP contribution >= 0.6 is 23.7 Å². The van der Waals surface area contributed by atoms with Crippen molar-refractivity contribution in [3.05, 3.63) is 21.9 Å². The first-order valence-electron chi connectivity index (χ1n) is 5.28. The lowest BCUT2D eigenvalue weighted by Gasteiger charge is -2.23. The summed E-state index contributed by atoms with van der Waals surface area (Å²) in [6.07, 6.45) is 2.13. The van der Waals surface area contributed by atoms with Crippen LogP contribution < -0.4 is 5.73 Å². The largest absolute Gasteiger partial charge is 0.334 e. The van der Waals surface area contributed by atoms with Crippen molar-refractivity contribution in [2.45, 2.75) is 25.8 Å². The monoisotopic (exact) mass is 260 g/mol. The fourth-order valence-corrected chi connectivity index (χ4v) is 2.90. The number of halogens is 1. The Hall–Kier alpha value is -0.580. The number of hydrogen-bond acceptors (Lipinski definition) is 3. The summed E-state index contributed by atoms with van der Waals surface area (Å²) >= 11 is 1.58. The van der Waals surface area contributed by atoms with E-state index in [4.69, 9.17) is 5.73 Å². The maximum atomic E-state index is 12.2. The third-order valence-corrected chi connectivity index (χ3v) is 3.86. The van der Waals surface area contributed by atoms with Crippen molar-refractivity contribution in [3.8, 4) is 0 Å². The molecule has 1 unspecified atom stereocenters. The van der Waals surface area contributed by atoms with Gasteiger partial charge >= 0.3 is 0 Å². The molecule has 1 aliphatic rings. The first-order valence-corrected chi connectivity index (χ1v) is 6.22. The zero-order valence-electron chi connectivity index (χ0n) is 9.31. The number of rotatable bonds is 2. The van der Waals surface area contributed by atoms with Gasteiger partial charge in [0, 0.05) is 24.5 Å². The van der Waals surface area contributed by atoms with Gasteiger partial charge in [0.2, 0.25) is 0 Å². The van der Waals surface area contributed by atoms with E-state index in [0.29, 0.717) is 6.54 Å². The molecule has 2 rings (SSSR count). The van der Waals surface area contributed by atoms with E-state index in [1.54, 1.807) is 11.3 Å². The predicted molar refractivity (Wildman–Crippen MR) is 69.4 cm³/mol. The van der Waals surface area contributed by atoms with Crippen LogP contribution in [-0.4, -0.2) is 29.9 Å². The smallest absolute Gasteiger partial charge is 0.255 e. The first-order chi connectivity index (χ1) is 7.24. The van der Waals surface area contributed by atoms with Crippen molar-refractivity contribution in [1.82, 2.24) is 4.90 Å². The molecular weight excluding hydrogens is 244 g/mol. The number of carbonyl (C=O) groups excluding carboxylic acids is 1. The zero-order chi connectivity index (χ0) is 10.8. The molecule has 5 heteroatoms. The number of hydrogen-bond donors (Lipinski definition) is 1. The highest BCUT2D eigenvalue weighted by molar-refractivity contribution is 7.08. The fourth-order valence-electron chi connectivity index (χ4n) is 2.08. The summed E-state index contributed by atoms with van der Waals surface area (Å²) in [6.45, 7) is 3.42. The lowest BCUT2D eigenvalue weighted by atomic mass is 10.1. The Morgan fingerprint density at radius 1 is 1.62 bits per heavy atom. The Balaban J connectivity index is 0.00000128. The van der Waals surface area contributed by atoms with E-state index in [0.717, 1.165) is 30.5 Å². The molecule has 1 aromatic heterocycles. The molecule has 3 nitrogen and oxygen atoms in total. The quantitative estimate of drug-likeness (QED) is 0.885. The highest BCUT2D eigenvalue weighted by Crippen LogP contribution is 2.22. The molecular formula is C11H17ClN2OS. The molecule has 0 aliphatic carbocycles. The standard InChI is InChI=1S/C11H16N2OS.ClH/c1-8-6-15-7-10(8)11(14)13-4-2-3-9(13)5-12;/h6-7,9H,2-5,12H2,1H3;1H. The van der Waals surface area contributed by atoms with E-state index in [1.807, 2.05) is 22.6 Å². The predicted octanol–water partition coefficient (Wildman–Crippen LogP) is 2.04. The zero-order valence-corrected chi connectivity index (χ0v) is 10.9. The fraction of sp³-hybridized carbons (Fsp3) is 0.545. The number of amides is 1. The van der Waals surface area contributed by atoms with Gasteiger partial charge in [0.15, 0.2) is 0 Å². The van der Waals surface area contributed by atoms with E-state index in [9.17, 15) is 4.79 Å². The summed E-state index contributed by atoms with van der Waals surface area (Å²) in [4.78, 5) is 14.1. The van der Waals surface area contributed by atoms with Gasteiger partial charge in [-0.2, -0.15) is 11.3 Å². The Morgan fingerprint density at radius 2 is 2.38 bits per heavy atom. The van der Waals surface area contributed by atoms with Crippen LogP contribution in [0, 0.1) is 6.92 Å². The summed E-state index contributed by atoms with van der Waals surface area (Å²) in [7, 11) is 0. The number of carbonyl (C=O) groups is 1. The van der Waals surface area contributed by atoms with Gasteiger partial charge in [-0.25, -0.2) is 0 Å². The maximum Gasteiger partial charge on any atom is 0.255 e. The van der Waals surface area contributed by atoms with Gasteiger partial charge in [0.1, 0.15) is 0 Å². The summed E-state index contributed by atoms with van der Waals surface area (Å²) in [5.74, 6) is 0.154. The van der Waals surface area contributed by atoms with Crippen molar-refractivity contribution >= 4 is 29.7 Å². The molecule has 0 aromatic carbocycles. The van der Waals surface area contributed by atoms with Gasteiger partial charge in [-0.1, -0.05) is 0 Å². The van der Waals surface area contributed by atoms with Crippen LogP contribution in [0.2, 0.25) is 0 Å². The molecule has 2 N–H and O–H groups in total. The Labute approximate surface area is 106 Å². The Morgan fingerprint density at radius 3 is 2.94 bits per heavy atom. The third-order valence-electron chi connectivity index (χ3n) is 3.00. The topological polar surface area (TPSA) is 46.3 Å². The van der Waals surface area contributed by atoms with Gasteiger partial charge < -0.3 is 10.6 Å². The average Bonchev–Trinajstić information content (AvgIpc) is 2.84. The molecule has 1 amide bonds. The molecule has 16 heavy (non-hydrogen) atoms. The van der Waals surface area contributed by atoms with Crippen molar-refractivity contribution in [2.75, 3.05) is 13.1 Å². The second-order valence-electron chi connectivity index (χ2n) is 4.00. The van der Waals surface area contributed by atoms with Crippen LogP contribution in [0.25, 0.3) is 0 Å². The molecule has 1 aliphatic heterocycles. The van der Waals surface area contributed by atoms with E-state index in [-0.39, 0.29) is 24.4 Å². The van der Waals surface area contributed by atoms with Crippen LogP contribution in [0.5, 0.6) is 0 Å². The molecule has 1 atom stereocenters. The SMILES string of the molecule is Cc1cscc1C(=O)N1CCCC1CN.Cl. The van der Waals surface area contributed by atoms with Gasteiger partial charge in [0.25, 0.3) is 5.91 Å². The molecule has 90 valence electrons. The molecule has 1 fully saturated rings. The first kappa shape index (κ1) is 13.5. The lowest BCUT2D eigenvalue weighted by molar-refractivity contribution is 0.0741. The van der Waals surface area contributed by atoms with Gasteiger partial charge in [-0.05, 0) is 30.7 Å². The van der Waals surface area contributed by atoms with Crippen LogP contribution in [0.4, 0.5) is 0 Å². The van der Waals surface area contributed by atoms with Gasteiger partial charge in [0.05, 0.1) is 5.56 Å². The molecule has 0 radical (unpaired) electrons. The van der Waals surface area contributed by atoms with E-state index >= 15 is 0 Å². The average molecular weight is 261 g/mol. The van der Waals surface area contributed by atoms with Crippen LogP contribution in [0.3, 0.4) is 0 Å². The number of nitrogens with zero attached hydrogens (tertiary/aromatic N) is 1. The second-order valence-corrected chi connectivity index (χ2v) is 4.74. The van der Waals surface area contributed by atoms with Gasteiger partial charge in [-0.15, -0.1) is 12.4 Å². The molecule has 2 heterocycles. The van der Waals surface area contributed by atoms with E-state index in [1.165, 1.54) is 0 Å². The van der Waals surface area contributed by atoms with Crippen molar-refractivity contribution in [2.24, 2.45) is 5.73 Å². The molecule has 0 saturated carbocycles. The Bertz CT molecular complexity index is 367. The van der Waals surface area contributed by atoms with Crippen LogP contribution in [0.1, 0.15) is 28.8 Å². The molecule has 0 spiro atoms. The number of likely N-dealkylation sites (tertiary alicyclic amines) is 1. The van der Waals surface area contributed by atoms with E-state index in [2.05, 4.69) is 0 Å². The summed E-state index contributed by atoms with van der Waals surface area (Å²) in [5, 5.41) is 3.95. The minimum atomic E-state index is 0. The molecule has 1 saturated heterocycles. The minimum Gasteiger partial charge on any atom is -0.334 e. The highest BCUT2D eigenvalue weighted by atomic mass is 35.5. The van der Waals surface area contributed by atoms with Crippen LogP contribution in [-0.2, 0) is 0 Å². The summed E-state index contributed by atoms with van der Waals surface area (Å²) in [6, 6.07) is 0.247. The molecule has 1 aromatic rings. The number of nitrogens with two attached hydrogens (primary N) is 1. The van der Waals surface area contributed by atoms with Crippen molar-refractivity contribution in [1.29, 1.82) is 0 Å². The van der Waals surface area contributed by atoms with Crippen molar-refractivity contribution < 1.29 is 4.79 Å². The summed E-state index contributed by atoms with van der Waals surface area (Å²) in [5.41, 5.74) is 7.59. The normalized spacial score (nSPS) is 19.6. The Kier molecular flexibility index (Phi) is 4.77. The third kappa shape index (κ3) is 2.39. The number of aryl methyl sites for hydroxylation is 1. The maximum absolute atomic E-state index is 12.2. The van der Waals surface area contributed by atoms with Gasteiger partial charge in [-0.3, -0.25) is 4.79 Å². The minimum absolute atomic E-state index is 0. The summed E-state index contributed by atoms with van der Waals surface area (Å²) < 4.78 is 0.